The van der Waals surface area contributed by atoms with E-state index in [9.17, 15) is 17.6 Å². The van der Waals surface area contributed by atoms with Crippen LogP contribution in [0, 0.1) is 5.82 Å². The molecule has 1 aromatic carbocycles. The summed E-state index contributed by atoms with van der Waals surface area (Å²) in [6.45, 7) is 7.80. The lowest BCUT2D eigenvalue weighted by Gasteiger charge is -2.20. The smallest absolute Gasteiger partial charge is 0.267 e. The number of nitrogens with one attached hydrogen (secondary N) is 1. The summed E-state index contributed by atoms with van der Waals surface area (Å²) in [5.41, 5.74) is 1.86. The van der Waals surface area contributed by atoms with Gasteiger partial charge in [-0.25, -0.2) is 17.5 Å². The third-order valence-corrected chi connectivity index (χ3v) is 7.25. The summed E-state index contributed by atoms with van der Waals surface area (Å²) in [4.78, 5) is 13.1. The molecule has 0 radical (unpaired) electrons. The van der Waals surface area contributed by atoms with Crippen molar-refractivity contribution in [3.05, 3.63) is 47.0 Å². The van der Waals surface area contributed by atoms with Gasteiger partial charge in [-0.15, -0.1) is 0 Å². The van der Waals surface area contributed by atoms with Crippen LogP contribution in [0.15, 0.2) is 29.4 Å². The number of benzene rings is 1. The Morgan fingerprint density at radius 1 is 1.31 bits per heavy atom. The van der Waals surface area contributed by atoms with Crippen LogP contribution in [0.4, 0.5) is 4.39 Å². The fourth-order valence-corrected chi connectivity index (χ4v) is 5.23. The number of rotatable bonds is 5. The van der Waals surface area contributed by atoms with Crippen molar-refractivity contribution in [1.29, 1.82) is 0 Å². The van der Waals surface area contributed by atoms with E-state index in [1.54, 1.807) is 4.68 Å². The number of carbonyl (C=O) groups excluding carboxylic acids is 1. The SMILES string of the molecule is CC(C)c1cc(F)cc2c1C(C(=O)NS(=O)(=O)c1cnn(C3CC3)c1)CC2(C)C. The summed E-state index contributed by atoms with van der Waals surface area (Å²) < 4.78 is 43.6. The Morgan fingerprint density at radius 2 is 2.00 bits per heavy atom. The van der Waals surface area contributed by atoms with Gasteiger partial charge in [0.15, 0.2) is 0 Å². The highest BCUT2D eigenvalue weighted by Crippen LogP contribution is 2.49. The molecule has 2 aromatic rings. The third kappa shape index (κ3) is 3.58. The predicted molar refractivity (Wildman–Crippen MR) is 107 cm³/mol. The van der Waals surface area contributed by atoms with Crippen LogP contribution in [0.2, 0.25) is 0 Å². The van der Waals surface area contributed by atoms with Crippen LogP contribution in [-0.2, 0) is 20.2 Å². The Bertz CT molecular complexity index is 1080. The van der Waals surface area contributed by atoms with Crippen molar-refractivity contribution in [2.24, 2.45) is 0 Å². The minimum absolute atomic E-state index is 0.0111. The summed E-state index contributed by atoms with van der Waals surface area (Å²) in [7, 11) is -4.02. The molecule has 0 bridgehead atoms. The van der Waals surface area contributed by atoms with Gasteiger partial charge in [-0.05, 0) is 59.4 Å². The van der Waals surface area contributed by atoms with Crippen molar-refractivity contribution < 1.29 is 17.6 Å². The zero-order valence-electron chi connectivity index (χ0n) is 17.1. The Hall–Kier alpha value is -2.22. The van der Waals surface area contributed by atoms with E-state index in [-0.39, 0.29) is 22.7 Å². The molecule has 1 atom stereocenters. The lowest BCUT2D eigenvalue weighted by atomic mass is 9.85. The second kappa shape index (κ2) is 6.65. The van der Waals surface area contributed by atoms with Gasteiger partial charge in [0.2, 0.25) is 5.91 Å². The van der Waals surface area contributed by atoms with Crippen LogP contribution < -0.4 is 4.72 Å². The topological polar surface area (TPSA) is 81.1 Å². The van der Waals surface area contributed by atoms with Crippen molar-refractivity contribution in [2.75, 3.05) is 0 Å². The van der Waals surface area contributed by atoms with Crippen molar-refractivity contribution in [1.82, 2.24) is 14.5 Å². The first-order chi connectivity index (χ1) is 13.5. The molecule has 1 heterocycles. The third-order valence-electron chi connectivity index (χ3n) is 5.95. The number of amides is 1. The summed E-state index contributed by atoms with van der Waals surface area (Å²) in [5.74, 6) is -1.55. The van der Waals surface area contributed by atoms with E-state index in [1.807, 2.05) is 27.7 Å². The summed E-state index contributed by atoms with van der Waals surface area (Å²) in [5, 5.41) is 4.10. The number of aromatic nitrogens is 2. The highest BCUT2D eigenvalue weighted by Gasteiger charge is 2.43. The maximum Gasteiger partial charge on any atom is 0.267 e. The van der Waals surface area contributed by atoms with Gasteiger partial charge >= 0.3 is 0 Å². The van der Waals surface area contributed by atoms with E-state index in [0.29, 0.717) is 6.42 Å². The Balaban J connectivity index is 1.66. The summed E-state index contributed by atoms with van der Waals surface area (Å²) in [6, 6.07) is 3.18. The van der Waals surface area contributed by atoms with E-state index >= 15 is 0 Å². The zero-order valence-corrected chi connectivity index (χ0v) is 17.9. The number of fused-ring (bicyclic) bond motifs is 1. The van der Waals surface area contributed by atoms with Crippen molar-refractivity contribution in [3.8, 4) is 0 Å². The quantitative estimate of drug-likeness (QED) is 0.800. The lowest BCUT2D eigenvalue weighted by Crippen LogP contribution is -2.34. The van der Waals surface area contributed by atoms with Gasteiger partial charge in [-0.3, -0.25) is 9.48 Å². The van der Waals surface area contributed by atoms with Crippen molar-refractivity contribution in [3.63, 3.8) is 0 Å². The minimum atomic E-state index is -4.02. The molecule has 1 unspecified atom stereocenters. The van der Waals surface area contributed by atoms with Gasteiger partial charge in [0, 0.05) is 6.20 Å². The molecular formula is C21H26FN3O3S. The predicted octanol–water partition coefficient (Wildman–Crippen LogP) is 3.75. The number of hydrogen-bond acceptors (Lipinski definition) is 4. The number of nitrogens with zero attached hydrogens (tertiary/aromatic N) is 2. The number of carbonyl (C=O) groups is 1. The maximum absolute atomic E-state index is 14.2. The van der Waals surface area contributed by atoms with E-state index in [1.165, 1.54) is 24.5 Å². The number of halogens is 1. The van der Waals surface area contributed by atoms with Gasteiger partial charge in [0.25, 0.3) is 10.0 Å². The Kier molecular flexibility index (Phi) is 4.60. The first kappa shape index (κ1) is 20.1. The van der Waals surface area contributed by atoms with Crippen LogP contribution in [0.1, 0.15) is 81.5 Å². The van der Waals surface area contributed by atoms with E-state index < -0.39 is 27.3 Å². The van der Waals surface area contributed by atoms with Crippen molar-refractivity contribution >= 4 is 15.9 Å². The molecule has 1 fully saturated rings. The van der Waals surface area contributed by atoms with Crippen LogP contribution in [-0.4, -0.2) is 24.1 Å². The lowest BCUT2D eigenvalue weighted by molar-refractivity contribution is -0.121. The molecule has 0 spiro atoms. The standard InChI is InChI=1S/C21H26FN3O3S/c1-12(2)16-7-13(22)8-18-19(16)17(9-21(18,3)4)20(26)24-29(27,28)15-10-23-25(11-15)14-5-6-14/h7-8,10-12,14,17H,5-6,9H2,1-4H3,(H,24,26). The fourth-order valence-electron chi connectivity index (χ4n) is 4.27. The molecule has 1 N–H and O–H groups in total. The first-order valence-electron chi connectivity index (χ1n) is 9.94. The molecule has 4 rings (SSSR count). The summed E-state index contributed by atoms with van der Waals surface area (Å²) in [6.07, 6.45) is 5.13. The van der Waals surface area contributed by atoms with Crippen molar-refractivity contribution in [2.45, 2.75) is 75.1 Å². The highest BCUT2D eigenvalue weighted by atomic mass is 32.2. The molecule has 2 aliphatic carbocycles. The van der Waals surface area contributed by atoms with Gasteiger partial charge in [-0.2, -0.15) is 5.10 Å². The molecule has 0 saturated heterocycles. The van der Waals surface area contributed by atoms with Gasteiger partial charge in [0.05, 0.1) is 18.2 Å². The zero-order chi connectivity index (χ0) is 21.1. The normalized spacial score (nSPS) is 20.7. The molecule has 1 aromatic heterocycles. The van der Waals surface area contributed by atoms with Gasteiger partial charge in [-0.1, -0.05) is 27.7 Å². The molecule has 1 saturated carbocycles. The van der Waals surface area contributed by atoms with Crippen LogP contribution >= 0.6 is 0 Å². The first-order valence-corrected chi connectivity index (χ1v) is 11.4. The molecule has 29 heavy (non-hydrogen) atoms. The number of sulfonamides is 1. The van der Waals surface area contributed by atoms with E-state index in [4.69, 9.17) is 0 Å². The van der Waals surface area contributed by atoms with Gasteiger partial charge < -0.3 is 0 Å². The molecule has 6 nitrogen and oxygen atoms in total. The maximum atomic E-state index is 14.2. The minimum Gasteiger partial charge on any atom is -0.273 e. The molecule has 8 heteroatoms. The molecular weight excluding hydrogens is 393 g/mol. The molecule has 156 valence electrons. The molecule has 1 amide bonds. The average molecular weight is 420 g/mol. The van der Waals surface area contributed by atoms with Gasteiger partial charge in [0.1, 0.15) is 10.7 Å². The Morgan fingerprint density at radius 3 is 2.62 bits per heavy atom. The molecule has 2 aliphatic rings. The van der Waals surface area contributed by atoms with Crippen LogP contribution in [0.25, 0.3) is 0 Å². The van der Waals surface area contributed by atoms with Crippen LogP contribution in [0.3, 0.4) is 0 Å². The van der Waals surface area contributed by atoms with Crippen LogP contribution in [0.5, 0.6) is 0 Å². The number of hydrogen-bond donors (Lipinski definition) is 1. The van der Waals surface area contributed by atoms with E-state index in [0.717, 1.165) is 29.5 Å². The largest absolute Gasteiger partial charge is 0.273 e. The average Bonchev–Trinajstić information content (AvgIpc) is 3.27. The second-order valence-corrected chi connectivity index (χ2v) is 10.8. The fraction of sp³-hybridized carbons (Fsp3) is 0.524. The second-order valence-electron chi connectivity index (χ2n) is 9.11. The highest BCUT2D eigenvalue weighted by molar-refractivity contribution is 7.90. The monoisotopic (exact) mass is 419 g/mol. The van der Waals surface area contributed by atoms with E-state index in [2.05, 4.69) is 9.82 Å². The Labute approximate surface area is 170 Å². The molecule has 0 aliphatic heterocycles. The summed E-state index contributed by atoms with van der Waals surface area (Å²) >= 11 is 0.